The van der Waals surface area contributed by atoms with E-state index in [4.69, 9.17) is 5.11 Å². The number of aliphatic hydroxyl groups is 1. The van der Waals surface area contributed by atoms with Gasteiger partial charge < -0.3 is 37.7 Å². The molecule has 3 aromatic heterocycles. The number of rotatable bonds is 19. The van der Waals surface area contributed by atoms with Gasteiger partial charge >= 0.3 is 18.5 Å². The van der Waals surface area contributed by atoms with E-state index in [0.29, 0.717) is 72.3 Å². The van der Waals surface area contributed by atoms with Gasteiger partial charge in [-0.15, -0.1) is 0 Å². The first-order chi connectivity index (χ1) is 59.7. The van der Waals surface area contributed by atoms with Crippen LogP contribution in [0, 0.1) is 5.82 Å². The van der Waals surface area contributed by atoms with Gasteiger partial charge in [-0.25, -0.2) is 19.3 Å². The predicted molar refractivity (Wildman–Crippen MR) is 519 cm³/mol. The average molecular weight is 1870 g/mol. The van der Waals surface area contributed by atoms with Crippen LogP contribution < -0.4 is 10.5 Å². The summed E-state index contributed by atoms with van der Waals surface area (Å²) in [6, 6.07) is 32.8. The van der Waals surface area contributed by atoms with Gasteiger partial charge in [-0.3, -0.25) is 19.6 Å². The number of hydrogen-bond acceptors (Lipinski definition) is 12. The van der Waals surface area contributed by atoms with E-state index in [1.54, 1.807) is 78.6 Å². The average Bonchev–Trinajstić information content (AvgIpc) is 0.910. The maximum absolute atomic E-state index is 13.6. The van der Waals surface area contributed by atoms with Crippen LogP contribution in [0.4, 0.5) is 43.9 Å². The number of β-amino-alcohol motifs (C(OH)–C–C–N with tert-alkyl or cyclic N) is 1. The molecule has 720 valence electrons. The second-order valence-corrected chi connectivity index (χ2v) is 55.3. The maximum atomic E-state index is 13.6. The molecule has 1 N–H and O–H groups in total. The zero-order valence-electron chi connectivity index (χ0n) is 82.4. The van der Waals surface area contributed by atoms with E-state index >= 15 is 0 Å². The van der Waals surface area contributed by atoms with Gasteiger partial charge in [-0.05, 0) is 181 Å². The van der Waals surface area contributed by atoms with Crippen LogP contribution in [-0.2, 0) is 99.4 Å². The van der Waals surface area contributed by atoms with E-state index in [0.717, 1.165) is 115 Å². The number of benzene rings is 6. The van der Waals surface area contributed by atoms with E-state index in [-0.39, 0.29) is 44.9 Å². The molecule has 130 heavy (non-hydrogen) atoms. The first-order valence-corrected chi connectivity index (χ1v) is 54.2. The zero-order chi connectivity index (χ0) is 97.4. The van der Waals surface area contributed by atoms with Crippen molar-refractivity contribution in [3.63, 3.8) is 0 Å². The minimum atomic E-state index is -4.35. The van der Waals surface area contributed by atoms with Crippen molar-refractivity contribution in [1.29, 1.82) is 0 Å². The van der Waals surface area contributed by atoms with Crippen LogP contribution in [0.2, 0.25) is 19.6 Å². The van der Waals surface area contributed by atoms with Crippen molar-refractivity contribution < 1.29 is 58.1 Å². The highest BCUT2D eigenvalue weighted by atomic mass is 31.2. The summed E-state index contributed by atoms with van der Waals surface area (Å²) in [4.78, 5) is 25.4. The Balaban J connectivity index is 0.000000215. The van der Waals surface area contributed by atoms with Crippen molar-refractivity contribution in [2.24, 2.45) is 0 Å². The lowest BCUT2D eigenvalue weighted by Gasteiger charge is -2.35. The summed E-state index contributed by atoms with van der Waals surface area (Å²) < 4.78 is 164. The van der Waals surface area contributed by atoms with Crippen molar-refractivity contribution >= 4 is 32.8 Å². The van der Waals surface area contributed by atoms with Gasteiger partial charge in [0.25, 0.3) is 0 Å². The van der Waals surface area contributed by atoms with Gasteiger partial charge in [0, 0.05) is 180 Å². The Kier molecular flexibility index (Phi) is 38.2. The summed E-state index contributed by atoms with van der Waals surface area (Å²) in [5.41, 5.74) is 8.44. The normalized spacial score (nSPS) is 15.7. The molecular weight excluding hydrogens is 1720 g/mol. The predicted octanol–water partition coefficient (Wildman–Crippen LogP) is 22.2. The molecule has 0 radical (unpaired) electrons. The number of nitrogens with zero attached hydrogens (tertiary/aromatic N) is 12. The minimum absolute atomic E-state index is 0.0359. The molecule has 15 nitrogen and oxygen atoms in total. The number of piperazine rings is 3. The molecule has 0 unspecified atom stereocenters. The number of likely N-dealkylation sites (N-methyl/N-ethyl adjacent to an activating group) is 1. The van der Waals surface area contributed by atoms with E-state index in [9.17, 15) is 53.0 Å². The molecule has 3 fully saturated rings. The number of imidazole rings is 3. The van der Waals surface area contributed by atoms with Crippen molar-refractivity contribution in [2.75, 3.05) is 138 Å². The number of aromatic nitrogens is 6. The van der Waals surface area contributed by atoms with Crippen LogP contribution in [0.15, 0.2) is 165 Å². The van der Waals surface area contributed by atoms with Crippen LogP contribution >= 0.6 is 14.3 Å². The molecule has 0 aliphatic carbocycles. The summed E-state index contributed by atoms with van der Waals surface area (Å²) in [6.45, 7) is 67.2. The van der Waals surface area contributed by atoms with E-state index in [1.165, 1.54) is 46.5 Å². The lowest BCUT2D eigenvalue weighted by molar-refractivity contribution is -0.139. The second kappa shape index (κ2) is 45.3. The number of halogens is 10. The summed E-state index contributed by atoms with van der Waals surface area (Å²) >= 11 is 0. The fraction of sp³-hybridized carbons (Fsp3) is 0.559. The quantitative estimate of drug-likeness (QED) is 0.0470. The first kappa shape index (κ1) is 110. The molecule has 3 saturated heterocycles. The molecule has 0 bridgehead atoms. The highest BCUT2D eigenvalue weighted by Crippen LogP contribution is 2.42. The van der Waals surface area contributed by atoms with E-state index in [1.807, 2.05) is 123 Å². The molecule has 0 spiro atoms. The molecular formula is C102H150F10N12O3P2Si. The molecule has 3 aliphatic heterocycles. The summed E-state index contributed by atoms with van der Waals surface area (Å²) in [6.07, 6.45) is 3.71. The van der Waals surface area contributed by atoms with Gasteiger partial charge in [-0.1, -0.05) is 210 Å². The monoisotopic (exact) mass is 1870 g/mol. The number of hydrogen-bond donors (Lipinski definition) is 1. The van der Waals surface area contributed by atoms with Gasteiger partial charge in [0.1, 0.15) is 13.0 Å². The molecule has 0 saturated carbocycles. The fourth-order valence-electron chi connectivity index (χ4n) is 15.0. The van der Waals surface area contributed by atoms with Crippen LogP contribution in [0.5, 0.6) is 0 Å². The topological polar surface area (TPSA) is 127 Å². The van der Waals surface area contributed by atoms with Crippen LogP contribution in [0.25, 0.3) is 0 Å². The Hall–Kier alpha value is -7.35. The Bertz CT molecular complexity index is 4910. The third-order valence-electron chi connectivity index (χ3n) is 23.6. The molecule has 0 atom stereocenters. The summed E-state index contributed by atoms with van der Waals surface area (Å²) in [5, 5.41) is 11.5. The second-order valence-electron chi connectivity index (χ2n) is 43.5. The molecule has 28 heteroatoms. The van der Waals surface area contributed by atoms with Crippen molar-refractivity contribution in [3.8, 4) is 0 Å². The molecule has 6 aromatic carbocycles. The third-order valence-corrected chi connectivity index (χ3v) is 28.4. The number of alkyl halides is 9. The zero-order valence-corrected chi connectivity index (χ0v) is 85.2. The van der Waals surface area contributed by atoms with Crippen LogP contribution in [-0.4, -0.2) is 209 Å². The van der Waals surface area contributed by atoms with Crippen molar-refractivity contribution in [3.05, 3.63) is 255 Å². The SMILES string of the molecule is CC(C)(C)c1cc(Cn2ccnc2)cc(C(F)(F)F)c1.CC(C)(C)c1cc(Cn2ccnc2)cc([Si](C)(C)C)c1.CC(C)(C)c1cc(F)cc(Cn2ccnc2)c1.CC(C)(C)c1ccc(CN2CCN(CCO)CC2)c(C(F)(F)F)c1.CC(C)(C)c1ccc(CN2CCN(CCP(C)(C)=O)CC2)c(C(F)(F)F)c1.CN1CCN(Cc2cc(C(C)(C)C)cc(P(C)(C)=O)c2)CC1. The van der Waals surface area contributed by atoms with Crippen molar-refractivity contribution in [1.82, 2.24) is 58.1 Å². The van der Waals surface area contributed by atoms with Gasteiger partial charge in [0.05, 0.1) is 57.5 Å². The first-order valence-electron chi connectivity index (χ1n) is 45.3. The smallest absolute Gasteiger partial charge is 0.395 e. The van der Waals surface area contributed by atoms with E-state index < -0.39 is 57.6 Å². The highest BCUT2D eigenvalue weighted by Gasteiger charge is 2.38. The van der Waals surface area contributed by atoms with Gasteiger partial charge in [0.2, 0.25) is 0 Å². The summed E-state index contributed by atoms with van der Waals surface area (Å²) in [7, 11) is -3.38. The Labute approximate surface area is 772 Å². The van der Waals surface area contributed by atoms with E-state index in [2.05, 4.69) is 180 Å². The van der Waals surface area contributed by atoms with Crippen molar-refractivity contribution in [2.45, 2.75) is 235 Å². The summed E-state index contributed by atoms with van der Waals surface area (Å²) in [5.74, 6) is -0.174. The van der Waals surface area contributed by atoms with Gasteiger partial charge in [0.15, 0.2) is 0 Å². The highest BCUT2D eigenvalue weighted by molar-refractivity contribution is 7.70. The Morgan fingerprint density at radius 1 is 0.362 bits per heavy atom. The minimum Gasteiger partial charge on any atom is -0.395 e. The maximum Gasteiger partial charge on any atom is 0.416 e. The molecule has 9 aromatic rings. The van der Waals surface area contributed by atoms with Crippen LogP contribution in [0.1, 0.15) is 208 Å². The van der Waals surface area contributed by atoms with Crippen LogP contribution in [0.3, 0.4) is 0 Å². The number of aliphatic hydroxyl groups excluding tert-OH is 1. The lowest BCUT2D eigenvalue weighted by Crippen LogP contribution is -2.46. The standard InChI is InChI=1S/C20H32F3N2OP.C18H27F3N2O.C18H31N2OP.C17H26N2Si.C15H17F3N2.C14H17FN2/c1-19(2,3)17-7-6-16(18(14-17)20(21,22)23)15-25-10-8-24(9-11-25)12-13-27(4,5)26;1-17(2,3)15-5-4-14(16(12-15)18(19,20)21)13-23-8-6-22(7-9-23)10-11-24;1-18(2,3)16-11-15(12-17(13-16)22(5,6)21)14-20-9-7-19(4)8-10-20;1-17(2,3)15-9-14(12-19-8-7-18-13-19)10-16(11-15)20(4,5)6;1-14(2,3)12-6-11(9-20-5-4-19-10-20)7-13(8-12)15(16,17)18;1-14(2,3)12-6-11(7-13(15)8-12)9-17-5-4-16-10-17/h6-7,14H,8-13,15H2,1-5H3;4-5,12,24H,6-11,13H2,1-3H3;11-13H,7-10,14H2,1-6H3;7-11,13H,12H2,1-6H3;4-8,10H,9H2,1-3H3;4-8,10H,9H2,1-3H3. The molecule has 6 heterocycles. The molecule has 12 rings (SSSR count). The Morgan fingerprint density at radius 3 is 1.04 bits per heavy atom. The van der Waals surface area contributed by atoms with Gasteiger partial charge in [-0.2, -0.15) is 39.5 Å². The third kappa shape index (κ3) is 36.8. The molecule has 0 amide bonds. The Morgan fingerprint density at radius 2 is 0.692 bits per heavy atom. The molecule has 3 aliphatic rings. The fourth-order valence-corrected chi connectivity index (χ4v) is 17.9. The largest absolute Gasteiger partial charge is 0.416 e. The lowest BCUT2D eigenvalue weighted by atomic mass is 9.85.